The first-order chi connectivity index (χ1) is 10.2. The molecule has 0 aliphatic rings. The third kappa shape index (κ3) is 4.81. The molecule has 8 heteroatoms. The first-order valence-electron chi connectivity index (χ1n) is 6.77. The van der Waals surface area contributed by atoms with Gasteiger partial charge >= 0.3 is 5.97 Å². The van der Waals surface area contributed by atoms with Crippen molar-refractivity contribution in [2.24, 2.45) is 17.0 Å². The normalized spacial score (nSPS) is 12.8. The predicted octanol–water partition coefficient (Wildman–Crippen LogP) is 1.11. The summed E-state index contributed by atoms with van der Waals surface area (Å²) in [5, 5.41) is 7.56. The lowest BCUT2D eigenvalue weighted by molar-refractivity contribution is -0.152. The van der Waals surface area contributed by atoms with Crippen molar-refractivity contribution in [3.8, 4) is 0 Å². The molecule has 0 spiro atoms. The Morgan fingerprint density at radius 2 is 1.77 bits per heavy atom. The van der Waals surface area contributed by atoms with Crippen LogP contribution in [0.5, 0.6) is 0 Å². The van der Waals surface area contributed by atoms with Crippen molar-refractivity contribution < 1.29 is 22.7 Å². The number of amides is 1. The van der Waals surface area contributed by atoms with E-state index in [-0.39, 0.29) is 17.4 Å². The van der Waals surface area contributed by atoms with E-state index in [1.165, 1.54) is 24.3 Å². The second kappa shape index (κ2) is 7.37. The summed E-state index contributed by atoms with van der Waals surface area (Å²) in [5.41, 5.74) is 0.368. The van der Waals surface area contributed by atoms with Gasteiger partial charge in [-0.15, -0.1) is 0 Å². The molecule has 0 bridgehead atoms. The van der Waals surface area contributed by atoms with Gasteiger partial charge in [0.1, 0.15) is 5.92 Å². The Labute approximate surface area is 129 Å². The Hall–Kier alpha value is -1.93. The maximum atomic E-state index is 12.2. The number of ether oxygens (including phenoxy) is 1. The van der Waals surface area contributed by atoms with Gasteiger partial charge < -0.3 is 10.1 Å². The van der Waals surface area contributed by atoms with Crippen molar-refractivity contribution >= 4 is 27.6 Å². The lowest BCUT2D eigenvalue weighted by atomic mass is 9.95. The van der Waals surface area contributed by atoms with Crippen molar-refractivity contribution in [1.29, 1.82) is 0 Å². The maximum absolute atomic E-state index is 12.2. The molecule has 1 aromatic carbocycles. The molecule has 1 aromatic rings. The van der Waals surface area contributed by atoms with E-state index < -0.39 is 27.8 Å². The molecule has 0 fully saturated rings. The van der Waals surface area contributed by atoms with Crippen LogP contribution in [0.25, 0.3) is 0 Å². The molecule has 3 N–H and O–H groups in total. The fourth-order valence-corrected chi connectivity index (χ4v) is 2.38. The van der Waals surface area contributed by atoms with Crippen LogP contribution in [-0.4, -0.2) is 26.9 Å². The van der Waals surface area contributed by atoms with Crippen molar-refractivity contribution in [2.75, 3.05) is 11.9 Å². The number of carbonyl (C=O) groups excluding carboxylic acids is 2. The van der Waals surface area contributed by atoms with Gasteiger partial charge in [-0.05, 0) is 37.1 Å². The molecule has 0 aliphatic carbocycles. The maximum Gasteiger partial charge on any atom is 0.318 e. The Balaban J connectivity index is 2.88. The van der Waals surface area contributed by atoms with E-state index in [2.05, 4.69) is 5.32 Å². The third-order valence-electron chi connectivity index (χ3n) is 2.94. The molecule has 7 nitrogen and oxygen atoms in total. The van der Waals surface area contributed by atoms with E-state index in [0.717, 1.165) is 0 Å². The van der Waals surface area contributed by atoms with Gasteiger partial charge in [-0.1, -0.05) is 13.8 Å². The van der Waals surface area contributed by atoms with E-state index in [1.54, 1.807) is 20.8 Å². The highest BCUT2D eigenvalue weighted by atomic mass is 32.2. The molecule has 122 valence electrons. The summed E-state index contributed by atoms with van der Waals surface area (Å²) in [5.74, 6) is -2.26. The number of hydrogen-bond donors (Lipinski definition) is 2. The molecule has 22 heavy (non-hydrogen) atoms. The number of primary sulfonamides is 1. The highest BCUT2D eigenvalue weighted by molar-refractivity contribution is 7.89. The van der Waals surface area contributed by atoms with Gasteiger partial charge in [0.2, 0.25) is 15.9 Å². The van der Waals surface area contributed by atoms with Gasteiger partial charge in [0, 0.05) is 5.69 Å². The zero-order valence-corrected chi connectivity index (χ0v) is 13.5. The summed E-state index contributed by atoms with van der Waals surface area (Å²) >= 11 is 0. The van der Waals surface area contributed by atoms with Crippen LogP contribution in [-0.2, 0) is 24.3 Å². The van der Waals surface area contributed by atoms with Crippen LogP contribution in [0.4, 0.5) is 5.69 Å². The average Bonchev–Trinajstić information content (AvgIpc) is 2.38. The van der Waals surface area contributed by atoms with Gasteiger partial charge in [0.25, 0.3) is 0 Å². The van der Waals surface area contributed by atoms with Crippen LogP contribution in [0.15, 0.2) is 29.2 Å². The number of esters is 1. The van der Waals surface area contributed by atoms with Gasteiger partial charge in [0.15, 0.2) is 0 Å². The minimum Gasteiger partial charge on any atom is -0.465 e. The largest absolute Gasteiger partial charge is 0.465 e. The first kappa shape index (κ1) is 18.1. The molecule has 1 amide bonds. The Morgan fingerprint density at radius 1 is 1.23 bits per heavy atom. The smallest absolute Gasteiger partial charge is 0.318 e. The van der Waals surface area contributed by atoms with Crippen LogP contribution < -0.4 is 10.5 Å². The summed E-state index contributed by atoms with van der Waals surface area (Å²) in [4.78, 5) is 24.0. The molecular weight excluding hydrogens is 308 g/mol. The van der Waals surface area contributed by atoms with Crippen LogP contribution in [0, 0.1) is 11.8 Å². The predicted molar refractivity (Wildman–Crippen MR) is 81.4 cm³/mol. The number of rotatable bonds is 6. The lowest BCUT2D eigenvalue weighted by Gasteiger charge is -2.18. The van der Waals surface area contributed by atoms with Crippen LogP contribution in [0.2, 0.25) is 0 Å². The SMILES string of the molecule is CCOC(=O)C(C(=O)Nc1ccc(S(N)(=O)=O)cc1)C(C)C. The van der Waals surface area contributed by atoms with Gasteiger partial charge in [-0.3, -0.25) is 9.59 Å². The minimum absolute atomic E-state index is 0.0590. The standard InChI is InChI=1S/C14H20N2O5S/c1-4-21-14(18)12(9(2)3)13(17)16-10-5-7-11(8-6-10)22(15,19)20/h5-9,12H,4H2,1-3H3,(H,16,17)(H2,15,19,20). The number of nitrogens with two attached hydrogens (primary N) is 1. The molecule has 0 aromatic heterocycles. The molecule has 0 saturated carbocycles. The topological polar surface area (TPSA) is 116 Å². The molecular formula is C14H20N2O5S. The van der Waals surface area contributed by atoms with Crippen molar-refractivity contribution in [3.05, 3.63) is 24.3 Å². The third-order valence-corrected chi connectivity index (χ3v) is 3.87. The van der Waals surface area contributed by atoms with Gasteiger partial charge in [-0.2, -0.15) is 0 Å². The Morgan fingerprint density at radius 3 is 2.18 bits per heavy atom. The van der Waals surface area contributed by atoms with E-state index in [1.807, 2.05) is 0 Å². The zero-order valence-electron chi connectivity index (χ0n) is 12.7. The minimum atomic E-state index is -3.79. The van der Waals surface area contributed by atoms with E-state index in [4.69, 9.17) is 9.88 Å². The summed E-state index contributed by atoms with van der Waals surface area (Å²) in [7, 11) is -3.79. The van der Waals surface area contributed by atoms with E-state index in [9.17, 15) is 18.0 Å². The molecule has 0 aliphatic heterocycles. The number of sulfonamides is 1. The molecule has 0 radical (unpaired) electrons. The van der Waals surface area contributed by atoms with E-state index >= 15 is 0 Å². The number of hydrogen-bond acceptors (Lipinski definition) is 5. The quantitative estimate of drug-likeness (QED) is 0.599. The first-order valence-corrected chi connectivity index (χ1v) is 8.31. The highest BCUT2D eigenvalue weighted by Crippen LogP contribution is 2.18. The highest BCUT2D eigenvalue weighted by Gasteiger charge is 2.31. The fraction of sp³-hybridized carbons (Fsp3) is 0.429. The summed E-state index contributed by atoms with van der Waals surface area (Å²) in [6.45, 7) is 5.34. The van der Waals surface area contributed by atoms with Crippen LogP contribution in [0.1, 0.15) is 20.8 Å². The molecule has 1 atom stereocenters. The van der Waals surface area contributed by atoms with E-state index in [0.29, 0.717) is 5.69 Å². The monoisotopic (exact) mass is 328 g/mol. The Kier molecular flexibility index (Phi) is 6.07. The molecule has 0 saturated heterocycles. The zero-order chi connectivity index (χ0) is 16.9. The Bertz CT molecular complexity index is 638. The van der Waals surface area contributed by atoms with Crippen molar-refractivity contribution in [3.63, 3.8) is 0 Å². The second-order valence-corrected chi connectivity index (χ2v) is 6.59. The van der Waals surface area contributed by atoms with Crippen molar-refractivity contribution in [1.82, 2.24) is 0 Å². The van der Waals surface area contributed by atoms with Crippen molar-refractivity contribution in [2.45, 2.75) is 25.7 Å². The second-order valence-electron chi connectivity index (χ2n) is 5.03. The number of nitrogens with one attached hydrogen (secondary N) is 1. The lowest BCUT2D eigenvalue weighted by Crippen LogP contribution is -2.35. The molecule has 1 unspecified atom stereocenters. The van der Waals surface area contributed by atoms with Gasteiger partial charge in [0.05, 0.1) is 11.5 Å². The number of benzene rings is 1. The number of anilines is 1. The summed E-state index contributed by atoms with van der Waals surface area (Å²) in [6.07, 6.45) is 0. The van der Waals surface area contributed by atoms with Gasteiger partial charge in [-0.25, -0.2) is 13.6 Å². The molecule has 0 heterocycles. The fourth-order valence-electron chi connectivity index (χ4n) is 1.86. The van der Waals surface area contributed by atoms with Crippen LogP contribution >= 0.6 is 0 Å². The average molecular weight is 328 g/mol. The molecule has 1 rings (SSSR count). The number of carbonyl (C=O) groups is 2. The summed E-state index contributed by atoms with van der Waals surface area (Å²) < 4.78 is 27.2. The van der Waals surface area contributed by atoms with Crippen LogP contribution in [0.3, 0.4) is 0 Å². The summed E-state index contributed by atoms with van der Waals surface area (Å²) in [6, 6.07) is 5.36.